The zero-order chi connectivity index (χ0) is 18.1. The molecule has 2 aromatic rings. The van der Waals surface area contributed by atoms with Crippen molar-refractivity contribution in [2.24, 2.45) is 5.73 Å². The lowest BCUT2D eigenvalue weighted by Crippen LogP contribution is -2.43. The van der Waals surface area contributed by atoms with Crippen LogP contribution in [0, 0.1) is 0 Å². The third-order valence-corrected chi connectivity index (χ3v) is 3.49. The molecule has 0 saturated carbocycles. The summed E-state index contributed by atoms with van der Waals surface area (Å²) < 4.78 is 16.0. The zero-order valence-corrected chi connectivity index (χ0v) is 16.8. The van der Waals surface area contributed by atoms with Crippen molar-refractivity contribution in [1.82, 2.24) is 10.3 Å². The molecule has 9 heteroatoms. The molecule has 1 heterocycles. The quantitative estimate of drug-likeness (QED) is 0.648. The summed E-state index contributed by atoms with van der Waals surface area (Å²) in [6, 6.07) is 8.60. The number of aromatic nitrogens is 1. The third kappa shape index (κ3) is 8.01. The fourth-order valence-electron chi connectivity index (χ4n) is 2.16. The predicted molar refractivity (Wildman–Crippen MR) is 108 cm³/mol. The first-order valence-electron chi connectivity index (χ1n) is 7.85. The number of nitrogens with two attached hydrogens (primary N) is 1. The minimum Gasteiger partial charge on any atom is -0.493 e. The van der Waals surface area contributed by atoms with Gasteiger partial charge in [0.05, 0.1) is 13.7 Å². The highest BCUT2D eigenvalue weighted by Crippen LogP contribution is 2.28. The zero-order valence-electron chi connectivity index (χ0n) is 15.2. The number of nitrogens with one attached hydrogen (secondary N) is 1. The minimum absolute atomic E-state index is 0. The van der Waals surface area contributed by atoms with Crippen molar-refractivity contribution in [1.29, 1.82) is 0 Å². The number of nitrogens with zero attached hydrogens (tertiary/aromatic N) is 1. The molecule has 1 aromatic carbocycles. The Morgan fingerprint density at radius 1 is 1.19 bits per heavy atom. The van der Waals surface area contributed by atoms with Gasteiger partial charge in [-0.25, -0.2) is 0 Å². The number of carbonyl (C=O) groups excluding carboxylic acids is 1. The van der Waals surface area contributed by atoms with Crippen LogP contribution >= 0.6 is 24.8 Å². The average molecular weight is 418 g/mol. The Kier molecular flexibility index (Phi) is 12.2. The summed E-state index contributed by atoms with van der Waals surface area (Å²) in [6.07, 6.45) is 3.46. The molecule has 0 aliphatic rings. The van der Waals surface area contributed by atoms with Crippen LogP contribution in [-0.2, 0) is 22.7 Å². The fraction of sp³-hybridized carbons (Fsp3) is 0.333. The van der Waals surface area contributed by atoms with Crippen molar-refractivity contribution in [2.45, 2.75) is 19.2 Å². The summed E-state index contributed by atoms with van der Waals surface area (Å²) >= 11 is 0. The lowest BCUT2D eigenvalue weighted by Gasteiger charge is -2.14. The summed E-state index contributed by atoms with van der Waals surface area (Å²) in [4.78, 5) is 15.9. The van der Waals surface area contributed by atoms with Crippen LogP contribution in [0.5, 0.6) is 11.5 Å². The van der Waals surface area contributed by atoms with Crippen molar-refractivity contribution in [3.05, 3.63) is 53.9 Å². The number of amides is 1. The van der Waals surface area contributed by atoms with Gasteiger partial charge in [0.15, 0.2) is 11.5 Å². The molecular formula is C18H25Cl2N3O4. The highest BCUT2D eigenvalue weighted by atomic mass is 35.5. The first kappa shape index (κ1) is 24.9. The van der Waals surface area contributed by atoms with E-state index < -0.39 is 6.04 Å². The molecule has 3 N–H and O–H groups in total. The first-order valence-corrected chi connectivity index (χ1v) is 7.85. The number of halogens is 2. The molecule has 7 nitrogen and oxygen atoms in total. The molecule has 0 saturated heterocycles. The van der Waals surface area contributed by atoms with E-state index in [9.17, 15) is 4.79 Å². The van der Waals surface area contributed by atoms with E-state index in [2.05, 4.69) is 10.3 Å². The van der Waals surface area contributed by atoms with E-state index in [0.717, 1.165) is 11.1 Å². The average Bonchev–Trinajstić information content (AvgIpc) is 2.65. The van der Waals surface area contributed by atoms with Gasteiger partial charge in [-0.2, -0.15) is 0 Å². The minimum atomic E-state index is -0.686. The van der Waals surface area contributed by atoms with Crippen molar-refractivity contribution in [3.63, 3.8) is 0 Å². The van der Waals surface area contributed by atoms with Gasteiger partial charge in [0.25, 0.3) is 0 Å². The Morgan fingerprint density at radius 3 is 2.59 bits per heavy atom. The molecule has 1 atom stereocenters. The van der Waals surface area contributed by atoms with E-state index in [-0.39, 0.29) is 37.3 Å². The molecular weight excluding hydrogens is 393 g/mol. The van der Waals surface area contributed by atoms with Gasteiger partial charge in [0.1, 0.15) is 12.6 Å². The molecule has 0 aliphatic carbocycles. The Labute approximate surface area is 171 Å². The molecule has 1 aromatic heterocycles. The maximum atomic E-state index is 11.8. The lowest BCUT2D eigenvalue weighted by molar-refractivity contribution is -0.123. The van der Waals surface area contributed by atoms with Gasteiger partial charge in [0.2, 0.25) is 5.91 Å². The summed E-state index contributed by atoms with van der Waals surface area (Å²) in [6.45, 7) is 0.915. The van der Waals surface area contributed by atoms with Crippen molar-refractivity contribution in [3.8, 4) is 11.5 Å². The van der Waals surface area contributed by atoms with Gasteiger partial charge in [0, 0.05) is 31.6 Å². The van der Waals surface area contributed by atoms with E-state index in [1.54, 1.807) is 19.5 Å². The van der Waals surface area contributed by atoms with E-state index in [1.807, 2.05) is 30.3 Å². The number of hydrogen-bond acceptors (Lipinski definition) is 6. The van der Waals surface area contributed by atoms with E-state index in [4.69, 9.17) is 19.9 Å². The second-order valence-electron chi connectivity index (χ2n) is 5.41. The van der Waals surface area contributed by atoms with Crippen LogP contribution in [0.25, 0.3) is 0 Å². The number of hydrogen-bond donors (Lipinski definition) is 2. The van der Waals surface area contributed by atoms with Gasteiger partial charge < -0.3 is 25.3 Å². The van der Waals surface area contributed by atoms with E-state index in [1.165, 1.54) is 7.11 Å². The normalized spacial score (nSPS) is 10.8. The topological polar surface area (TPSA) is 95.7 Å². The smallest absolute Gasteiger partial charge is 0.239 e. The van der Waals surface area contributed by atoms with Crippen LogP contribution < -0.4 is 20.5 Å². The molecule has 27 heavy (non-hydrogen) atoms. The molecule has 2 rings (SSSR count). The Balaban J connectivity index is 0.00000338. The first-order chi connectivity index (χ1) is 12.1. The molecule has 0 radical (unpaired) electrons. The van der Waals surface area contributed by atoms with Crippen LogP contribution in [0.4, 0.5) is 0 Å². The third-order valence-electron chi connectivity index (χ3n) is 3.49. The van der Waals surface area contributed by atoms with Crippen LogP contribution in [0.2, 0.25) is 0 Å². The molecule has 150 valence electrons. The Morgan fingerprint density at radius 2 is 1.96 bits per heavy atom. The lowest BCUT2D eigenvalue weighted by atomic mass is 10.2. The second kappa shape index (κ2) is 13.2. The Bertz CT molecular complexity index is 690. The van der Waals surface area contributed by atoms with Crippen LogP contribution in [0.3, 0.4) is 0 Å². The number of pyridine rings is 1. The van der Waals surface area contributed by atoms with Gasteiger partial charge in [-0.15, -0.1) is 24.8 Å². The second-order valence-corrected chi connectivity index (χ2v) is 5.41. The standard InChI is InChI=1S/C18H23N3O4.2ClH/c1-23-12-15(19)18(22)21-10-13-5-6-16(17(8-13)24-2)25-11-14-4-3-7-20-9-14;;/h3-9,15H,10-12,19H2,1-2H3,(H,21,22);2*1H. The van der Waals surface area contributed by atoms with Gasteiger partial charge in [-0.05, 0) is 23.8 Å². The van der Waals surface area contributed by atoms with Crippen molar-refractivity contribution >= 4 is 30.7 Å². The monoisotopic (exact) mass is 417 g/mol. The van der Waals surface area contributed by atoms with Crippen molar-refractivity contribution < 1.29 is 19.0 Å². The SMILES string of the molecule is COCC(N)C(=O)NCc1ccc(OCc2cccnc2)c(OC)c1.Cl.Cl. The van der Waals surface area contributed by atoms with Gasteiger partial charge in [-0.3, -0.25) is 9.78 Å². The van der Waals surface area contributed by atoms with Crippen LogP contribution in [0.1, 0.15) is 11.1 Å². The molecule has 1 unspecified atom stereocenters. The van der Waals surface area contributed by atoms with Crippen LogP contribution in [-0.4, -0.2) is 37.8 Å². The van der Waals surface area contributed by atoms with E-state index >= 15 is 0 Å². The van der Waals surface area contributed by atoms with Crippen molar-refractivity contribution in [2.75, 3.05) is 20.8 Å². The maximum Gasteiger partial charge on any atom is 0.239 e. The van der Waals surface area contributed by atoms with Gasteiger partial charge >= 0.3 is 0 Å². The summed E-state index contributed by atoms with van der Waals surface area (Å²) in [7, 11) is 3.07. The fourth-order valence-corrected chi connectivity index (χ4v) is 2.16. The predicted octanol–water partition coefficient (Wildman–Crippen LogP) is 2.10. The molecule has 0 spiro atoms. The maximum absolute atomic E-state index is 11.8. The highest BCUT2D eigenvalue weighted by molar-refractivity contribution is 5.85. The molecule has 0 aliphatic heterocycles. The number of methoxy groups -OCH3 is 2. The molecule has 0 fully saturated rings. The summed E-state index contributed by atoms with van der Waals surface area (Å²) in [5.41, 5.74) is 7.52. The summed E-state index contributed by atoms with van der Waals surface area (Å²) in [5.74, 6) is 0.951. The number of carbonyl (C=O) groups is 1. The largest absolute Gasteiger partial charge is 0.493 e. The highest BCUT2D eigenvalue weighted by Gasteiger charge is 2.13. The van der Waals surface area contributed by atoms with E-state index in [0.29, 0.717) is 24.7 Å². The molecule has 1 amide bonds. The molecule has 0 bridgehead atoms. The van der Waals surface area contributed by atoms with Gasteiger partial charge in [-0.1, -0.05) is 12.1 Å². The Hall–Kier alpha value is -2.06. The number of rotatable bonds is 9. The number of benzene rings is 1. The van der Waals surface area contributed by atoms with Crippen LogP contribution in [0.15, 0.2) is 42.7 Å². The number of ether oxygens (including phenoxy) is 3. The summed E-state index contributed by atoms with van der Waals surface area (Å²) in [5, 5.41) is 2.76.